The lowest BCUT2D eigenvalue weighted by atomic mass is 10.0. The maximum Gasteiger partial charge on any atom is 0.151 e. The molecule has 0 aromatic carbocycles. The summed E-state index contributed by atoms with van der Waals surface area (Å²) in [6.45, 7) is 5.34. The molecule has 0 aromatic heterocycles. The maximum atomic E-state index is 12.4. The molecule has 1 fully saturated rings. The molecule has 3 heteroatoms. The van der Waals surface area contributed by atoms with Crippen molar-refractivity contribution in [2.24, 2.45) is 0 Å². The van der Waals surface area contributed by atoms with Crippen LogP contribution in [0.3, 0.4) is 0 Å². The molecule has 0 amide bonds. The summed E-state index contributed by atoms with van der Waals surface area (Å²) < 4.78 is 0. The normalized spacial score (nSPS) is 21.4. The van der Waals surface area contributed by atoms with E-state index in [0.29, 0.717) is 5.78 Å². The molecule has 1 atom stereocenters. The molecule has 124 valence electrons. The van der Waals surface area contributed by atoms with Crippen molar-refractivity contribution >= 4 is 5.78 Å². The van der Waals surface area contributed by atoms with Crippen molar-refractivity contribution in [2.45, 2.75) is 77.2 Å². The number of rotatable bonds is 10. The summed E-state index contributed by atoms with van der Waals surface area (Å²) in [6.07, 6.45) is 12.4. The van der Waals surface area contributed by atoms with Gasteiger partial charge in [-0.25, -0.2) is 0 Å². The van der Waals surface area contributed by atoms with Gasteiger partial charge in [0, 0.05) is 13.0 Å². The summed E-state index contributed by atoms with van der Waals surface area (Å²) in [6, 6.07) is 0.127. The molecule has 0 spiro atoms. The Morgan fingerprint density at radius 1 is 0.952 bits per heavy atom. The van der Waals surface area contributed by atoms with Gasteiger partial charge in [0.1, 0.15) is 0 Å². The summed E-state index contributed by atoms with van der Waals surface area (Å²) in [5.74, 6) is 0.456. The number of hydrogen-bond donors (Lipinski definition) is 0. The topological polar surface area (TPSA) is 23.6 Å². The Bertz CT molecular complexity index is 280. The Kier molecular flexibility index (Phi) is 9.94. The molecule has 1 aliphatic rings. The highest BCUT2D eigenvalue weighted by Crippen LogP contribution is 2.13. The lowest BCUT2D eigenvalue weighted by molar-refractivity contribution is -0.124. The van der Waals surface area contributed by atoms with E-state index in [1.807, 2.05) is 0 Å². The average Bonchev–Trinajstić information content (AvgIpc) is 2.63. The molecule has 1 unspecified atom stereocenters. The third-order valence-corrected chi connectivity index (χ3v) is 4.72. The SMILES string of the molecule is CCCCCCCCCCC(=O)C1CN(C)CCCN1C. The monoisotopic (exact) mass is 296 g/mol. The molecule has 21 heavy (non-hydrogen) atoms. The van der Waals surface area contributed by atoms with Crippen molar-refractivity contribution in [3.63, 3.8) is 0 Å². The summed E-state index contributed by atoms with van der Waals surface area (Å²) in [4.78, 5) is 17.0. The van der Waals surface area contributed by atoms with E-state index in [0.717, 1.165) is 32.5 Å². The molecule has 1 saturated heterocycles. The van der Waals surface area contributed by atoms with Gasteiger partial charge in [0.2, 0.25) is 0 Å². The number of carbonyl (C=O) groups is 1. The van der Waals surface area contributed by atoms with E-state index >= 15 is 0 Å². The number of likely N-dealkylation sites (N-methyl/N-ethyl adjacent to an activating group) is 2. The van der Waals surface area contributed by atoms with Crippen LogP contribution in [0.1, 0.15) is 71.1 Å². The zero-order valence-corrected chi connectivity index (χ0v) is 14.6. The quantitative estimate of drug-likeness (QED) is 0.574. The molecule has 0 saturated carbocycles. The largest absolute Gasteiger partial charge is 0.304 e. The first-order valence-electron chi connectivity index (χ1n) is 9.06. The van der Waals surface area contributed by atoms with E-state index in [4.69, 9.17) is 0 Å². The third-order valence-electron chi connectivity index (χ3n) is 4.72. The molecular formula is C18H36N2O. The fraction of sp³-hybridized carbons (Fsp3) is 0.944. The summed E-state index contributed by atoms with van der Waals surface area (Å²) >= 11 is 0. The second kappa shape index (κ2) is 11.2. The first-order valence-corrected chi connectivity index (χ1v) is 9.06. The predicted molar refractivity (Wildman–Crippen MR) is 90.8 cm³/mol. The highest BCUT2D eigenvalue weighted by atomic mass is 16.1. The average molecular weight is 296 g/mol. The Morgan fingerprint density at radius 3 is 2.24 bits per heavy atom. The van der Waals surface area contributed by atoms with E-state index in [2.05, 4.69) is 30.8 Å². The fourth-order valence-corrected chi connectivity index (χ4v) is 3.22. The van der Waals surface area contributed by atoms with Crippen LogP contribution >= 0.6 is 0 Å². The van der Waals surface area contributed by atoms with Gasteiger partial charge in [0.05, 0.1) is 6.04 Å². The van der Waals surface area contributed by atoms with E-state index in [1.54, 1.807) is 0 Å². The van der Waals surface area contributed by atoms with Gasteiger partial charge in [-0.1, -0.05) is 51.9 Å². The molecule has 1 heterocycles. The van der Waals surface area contributed by atoms with Gasteiger partial charge in [-0.05, 0) is 40.0 Å². The predicted octanol–water partition coefficient (Wildman–Crippen LogP) is 3.72. The van der Waals surface area contributed by atoms with Crippen LogP contribution in [-0.2, 0) is 4.79 Å². The van der Waals surface area contributed by atoms with Gasteiger partial charge in [-0.3, -0.25) is 9.69 Å². The van der Waals surface area contributed by atoms with Gasteiger partial charge in [-0.2, -0.15) is 0 Å². The van der Waals surface area contributed by atoms with Crippen molar-refractivity contribution in [1.82, 2.24) is 9.80 Å². The molecule has 1 rings (SSSR count). The third kappa shape index (κ3) is 7.96. The summed E-state index contributed by atoms with van der Waals surface area (Å²) in [7, 11) is 4.24. The molecule has 1 aliphatic heterocycles. The Morgan fingerprint density at radius 2 is 1.57 bits per heavy atom. The van der Waals surface area contributed by atoms with Crippen LogP contribution in [0.15, 0.2) is 0 Å². The second-order valence-electron chi connectivity index (χ2n) is 6.80. The zero-order valence-electron chi connectivity index (χ0n) is 14.6. The van der Waals surface area contributed by atoms with E-state index in [9.17, 15) is 4.79 Å². The Labute approximate surface area is 132 Å². The fourth-order valence-electron chi connectivity index (χ4n) is 3.22. The van der Waals surface area contributed by atoms with Crippen molar-refractivity contribution < 1.29 is 4.79 Å². The molecule has 0 radical (unpaired) electrons. The van der Waals surface area contributed by atoms with Gasteiger partial charge in [-0.15, -0.1) is 0 Å². The number of ketones is 1. The van der Waals surface area contributed by atoms with Crippen molar-refractivity contribution in [1.29, 1.82) is 0 Å². The minimum absolute atomic E-state index is 0.127. The molecule has 3 nitrogen and oxygen atoms in total. The van der Waals surface area contributed by atoms with Gasteiger partial charge < -0.3 is 4.90 Å². The van der Waals surface area contributed by atoms with Gasteiger partial charge in [0.15, 0.2) is 5.78 Å². The highest BCUT2D eigenvalue weighted by molar-refractivity contribution is 5.84. The second-order valence-corrected chi connectivity index (χ2v) is 6.80. The molecular weight excluding hydrogens is 260 g/mol. The van der Waals surface area contributed by atoms with Crippen molar-refractivity contribution in [2.75, 3.05) is 33.7 Å². The van der Waals surface area contributed by atoms with E-state index < -0.39 is 0 Å². The minimum Gasteiger partial charge on any atom is -0.304 e. The number of nitrogens with zero attached hydrogens (tertiary/aromatic N) is 2. The van der Waals surface area contributed by atoms with Crippen LogP contribution in [0.5, 0.6) is 0 Å². The number of Topliss-reactive ketones (excluding diaryl/α,β-unsaturated/α-hetero) is 1. The Hall–Kier alpha value is -0.410. The van der Waals surface area contributed by atoms with Crippen LogP contribution in [0.4, 0.5) is 0 Å². The Balaban J connectivity index is 2.11. The van der Waals surface area contributed by atoms with Crippen LogP contribution < -0.4 is 0 Å². The van der Waals surface area contributed by atoms with Crippen LogP contribution in [0, 0.1) is 0 Å². The van der Waals surface area contributed by atoms with Gasteiger partial charge in [0.25, 0.3) is 0 Å². The zero-order chi connectivity index (χ0) is 15.5. The van der Waals surface area contributed by atoms with Crippen molar-refractivity contribution in [3.05, 3.63) is 0 Å². The smallest absolute Gasteiger partial charge is 0.151 e. The first kappa shape index (κ1) is 18.6. The lowest BCUT2D eigenvalue weighted by Gasteiger charge is -2.26. The molecule has 0 bridgehead atoms. The van der Waals surface area contributed by atoms with E-state index in [-0.39, 0.29) is 6.04 Å². The van der Waals surface area contributed by atoms with Gasteiger partial charge >= 0.3 is 0 Å². The highest BCUT2D eigenvalue weighted by Gasteiger charge is 2.25. The first-order chi connectivity index (χ1) is 10.1. The molecule has 0 N–H and O–H groups in total. The summed E-state index contributed by atoms with van der Waals surface area (Å²) in [5, 5.41) is 0. The van der Waals surface area contributed by atoms with Crippen LogP contribution in [0.25, 0.3) is 0 Å². The van der Waals surface area contributed by atoms with Crippen LogP contribution in [0.2, 0.25) is 0 Å². The minimum atomic E-state index is 0.127. The maximum absolute atomic E-state index is 12.4. The van der Waals surface area contributed by atoms with Crippen molar-refractivity contribution in [3.8, 4) is 0 Å². The number of carbonyl (C=O) groups excluding carboxylic acids is 1. The van der Waals surface area contributed by atoms with Crippen LogP contribution in [-0.4, -0.2) is 55.4 Å². The molecule has 0 aromatic rings. The standard InChI is InChI=1S/C18H36N2O/c1-4-5-6-7-8-9-10-11-13-18(21)17-16-19(2)14-12-15-20(17)3/h17H,4-16H2,1-3H3. The van der Waals surface area contributed by atoms with E-state index in [1.165, 1.54) is 51.4 Å². The number of unbranched alkanes of at least 4 members (excludes halogenated alkanes) is 7. The lowest BCUT2D eigenvalue weighted by Crippen LogP contribution is -2.43. The summed E-state index contributed by atoms with van der Waals surface area (Å²) in [5.41, 5.74) is 0. The molecule has 0 aliphatic carbocycles. The number of hydrogen-bond acceptors (Lipinski definition) is 3.